The minimum absolute atomic E-state index is 0. The van der Waals surface area contributed by atoms with Crippen molar-refractivity contribution in [2.24, 2.45) is 0 Å². The minimum Gasteiger partial charge on any atom is -0.214 e. The van der Waals surface area contributed by atoms with E-state index in [1.54, 1.807) is 0 Å². The molecule has 0 aromatic heterocycles. The van der Waals surface area contributed by atoms with Crippen molar-refractivity contribution in [3.05, 3.63) is 90.0 Å². The molecule has 0 N–H and O–H groups in total. The zero-order valence-corrected chi connectivity index (χ0v) is 15.9. The summed E-state index contributed by atoms with van der Waals surface area (Å²) in [4.78, 5) is 0. The van der Waals surface area contributed by atoms with Crippen LogP contribution in [0.15, 0.2) is 72.8 Å². The second-order valence-electron chi connectivity index (χ2n) is 4.94. The molecular weight excluding hydrogens is 316 g/mol. The Labute approximate surface area is 151 Å². The average Bonchev–Trinajstić information content (AvgIpc) is 3.19. The summed E-state index contributed by atoms with van der Waals surface area (Å²) < 4.78 is 0. The first-order chi connectivity index (χ1) is 10.4. The molecule has 0 aliphatic heterocycles. The largest absolute Gasteiger partial charge is 2.00 e. The Balaban J connectivity index is 0.000000227. The van der Waals surface area contributed by atoms with Crippen molar-refractivity contribution in [2.45, 2.75) is 19.5 Å². The van der Waals surface area contributed by atoms with E-state index in [2.05, 4.69) is 55.6 Å². The normalized spacial score (nSPS) is 9.91. The van der Waals surface area contributed by atoms with Gasteiger partial charge in [-0.2, -0.15) is 48.0 Å². The van der Waals surface area contributed by atoms with Crippen molar-refractivity contribution in [3.8, 4) is 11.1 Å². The quantitative estimate of drug-likeness (QED) is 0.314. The summed E-state index contributed by atoms with van der Waals surface area (Å²) in [5.74, 6) is 0. The first kappa shape index (κ1) is 18.8. The topological polar surface area (TPSA) is 0 Å². The molecule has 1 aliphatic rings. The molecule has 4 rings (SSSR count). The molecule has 0 atom stereocenters. The molecule has 0 fully saturated rings. The van der Waals surface area contributed by atoms with Gasteiger partial charge in [0.15, 0.2) is 0 Å². The predicted octanol–water partition coefficient (Wildman–Crippen LogP) is 4.98. The molecule has 0 saturated carbocycles. The Hall–Kier alpha value is -1.28. The maximum Gasteiger partial charge on any atom is 2.00 e. The van der Waals surface area contributed by atoms with E-state index in [0.717, 1.165) is 15.9 Å². The fourth-order valence-corrected chi connectivity index (χ4v) is 2.32. The molecule has 22 heavy (non-hydrogen) atoms. The van der Waals surface area contributed by atoms with Gasteiger partial charge in [0.1, 0.15) is 0 Å². The van der Waals surface area contributed by atoms with Gasteiger partial charge >= 0.3 is 21.7 Å². The van der Waals surface area contributed by atoms with Crippen LogP contribution >= 0.6 is 0 Å². The van der Waals surface area contributed by atoms with E-state index in [9.17, 15) is 0 Å². The second kappa shape index (κ2) is 10.4. The smallest absolute Gasteiger partial charge is 0.214 e. The molecule has 0 nitrogen and oxygen atoms in total. The SMILES string of the molecule is C[SiH]C.[Ti+2].[c-]1cccc2c1Cc1ccccc1-2.c1cc[cH-]c1. The first-order valence-corrected chi connectivity index (χ1v) is 9.66. The molecule has 3 aromatic carbocycles. The third-order valence-corrected chi connectivity index (χ3v) is 3.17. The van der Waals surface area contributed by atoms with E-state index in [1.807, 2.05) is 36.4 Å². The zero-order valence-electron chi connectivity index (χ0n) is 13.2. The van der Waals surface area contributed by atoms with E-state index in [4.69, 9.17) is 0 Å². The van der Waals surface area contributed by atoms with Crippen LogP contribution in [0.4, 0.5) is 0 Å². The molecular formula is C20H21SiTi. The summed E-state index contributed by atoms with van der Waals surface area (Å²) in [5, 5.41) is 0. The van der Waals surface area contributed by atoms with Crippen LogP contribution in [0.1, 0.15) is 11.1 Å². The average molecular weight is 337 g/mol. The van der Waals surface area contributed by atoms with Crippen molar-refractivity contribution in [1.82, 2.24) is 0 Å². The summed E-state index contributed by atoms with van der Waals surface area (Å²) in [6, 6.07) is 28.1. The molecule has 109 valence electrons. The van der Waals surface area contributed by atoms with Gasteiger partial charge < -0.3 is 0 Å². The van der Waals surface area contributed by atoms with Gasteiger partial charge in [-0.1, -0.05) is 48.5 Å². The predicted molar refractivity (Wildman–Crippen MR) is 94.4 cm³/mol. The van der Waals surface area contributed by atoms with Crippen LogP contribution in [-0.2, 0) is 28.1 Å². The molecule has 1 radical (unpaired) electrons. The third kappa shape index (κ3) is 5.17. The van der Waals surface area contributed by atoms with Gasteiger partial charge in [0.2, 0.25) is 0 Å². The molecule has 2 heteroatoms. The van der Waals surface area contributed by atoms with E-state index in [0.29, 0.717) is 0 Å². The van der Waals surface area contributed by atoms with E-state index in [1.165, 1.54) is 22.3 Å². The van der Waals surface area contributed by atoms with Crippen molar-refractivity contribution >= 4 is 9.52 Å². The van der Waals surface area contributed by atoms with Crippen molar-refractivity contribution in [1.29, 1.82) is 0 Å². The monoisotopic (exact) mass is 337 g/mol. The maximum atomic E-state index is 3.30. The Morgan fingerprint density at radius 3 is 2.18 bits per heavy atom. The third-order valence-electron chi connectivity index (χ3n) is 3.17. The Kier molecular flexibility index (Phi) is 8.91. The fourth-order valence-electron chi connectivity index (χ4n) is 2.32. The van der Waals surface area contributed by atoms with Crippen molar-refractivity contribution < 1.29 is 21.7 Å². The van der Waals surface area contributed by atoms with E-state index >= 15 is 0 Å². The molecule has 0 amide bonds. The maximum absolute atomic E-state index is 3.30. The summed E-state index contributed by atoms with van der Waals surface area (Å²) in [7, 11) is 0.750. The van der Waals surface area contributed by atoms with E-state index in [-0.39, 0.29) is 21.7 Å². The standard InChI is InChI=1S/C13H9.C5H5.C2H7Si.Ti/c1-3-7-12-10(5-1)9-11-6-2-4-8-13(11)12;1-2-4-5-3-1;1-3-2;/h1-5,7-8H,9H2;1-5H;3H,1-2H3;/q2*-1;;+2. The van der Waals surface area contributed by atoms with Gasteiger partial charge in [0.25, 0.3) is 0 Å². The number of fused-ring (bicyclic) bond motifs is 3. The molecule has 3 aromatic rings. The summed E-state index contributed by atoms with van der Waals surface area (Å²) in [6.07, 6.45) is 1.05. The van der Waals surface area contributed by atoms with Crippen LogP contribution in [0.25, 0.3) is 11.1 Å². The summed E-state index contributed by atoms with van der Waals surface area (Å²) in [6.45, 7) is 4.42. The van der Waals surface area contributed by atoms with Crippen LogP contribution in [0.3, 0.4) is 0 Å². The van der Waals surface area contributed by atoms with Gasteiger partial charge in [-0.3, -0.25) is 0 Å². The van der Waals surface area contributed by atoms with E-state index < -0.39 is 0 Å². The molecule has 0 heterocycles. The fraction of sp³-hybridized carbons (Fsp3) is 0.150. The molecule has 0 spiro atoms. The van der Waals surface area contributed by atoms with Gasteiger partial charge in [-0.15, -0.1) is 5.56 Å². The van der Waals surface area contributed by atoms with Crippen LogP contribution in [0.5, 0.6) is 0 Å². The minimum atomic E-state index is 0. The molecule has 0 saturated heterocycles. The number of rotatable bonds is 0. The van der Waals surface area contributed by atoms with Gasteiger partial charge in [0.05, 0.1) is 0 Å². The first-order valence-electron chi connectivity index (χ1n) is 7.35. The van der Waals surface area contributed by atoms with Gasteiger partial charge in [0, 0.05) is 9.52 Å². The van der Waals surface area contributed by atoms with Crippen LogP contribution < -0.4 is 0 Å². The summed E-state index contributed by atoms with van der Waals surface area (Å²) in [5.41, 5.74) is 5.51. The Morgan fingerprint density at radius 2 is 1.55 bits per heavy atom. The molecule has 0 unspecified atom stereocenters. The number of hydrogen-bond acceptors (Lipinski definition) is 0. The van der Waals surface area contributed by atoms with Gasteiger partial charge in [-0.05, 0) is 6.42 Å². The number of hydrogen-bond donors (Lipinski definition) is 0. The summed E-state index contributed by atoms with van der Waals surface area (Å²) >= 11 is 0. The second-order valence-corrected chi connectivity index (χ2v) is 6.09. The molecule has 1 aliphatic carbocycles. The Morgan fingerprint density at radius 1 is 0.909 bits per heavy atom. The van der Waals surface area contributed by atoms with Crippen LogP contribution in [0, 0.1) is 6.07 Å². The van der Waals surface area contributed by atoms with Crippen LogP contribution in [-0.4, -0.2) is 9.52 Å². The van der Waals surface area contributed by atoms with Crippen molar-refractivity contribution in [3.63, 3.8) is 0 Å². The van der Waals surface area contributed by atoms with Gasteiger partial charge in [-0.25, -0.2) is 12.1 Å². The zero-order chi connectivity index (χ0) is 14.9. The van der Waals surface area contributed by atoms with Crippen molar-refractivity contribution in [2.75, 3.05) is 0 Å². The Bertz CT molecular complexity index is 584. The number of benzene rings is 2. The molecule has 0 bridgehead atoms. The van der Waals surface area contributed by atoms with Crippen LogP contribution in [0.2, 0.25) is 13.1 Å².